The van der Waals surface area contributed by atoms with Gasteiger partial charge in [-0.3, -0.25) is 4.57 Å². The number of aromatic nitrogens is 2. The predicted molar refractivity (Wildman–Crippen MR) is 189 cm³/mol. The number of fused-ring (bicyclic) bond motifs is 1. The Bertz CT molecular complexity index is 2610. The first-order chi connectivity index (χ1) is 21.8. The molecule has 0 aliphatic rings. The molecule has 0 aliphatic carbocycles. The molecule has 10 rings (SSSR count). The molecule has 10 aromatic rings. The van der Waals surface area contributed by atoms with Gasteiger partial charge in [-0.05, 0) is 63.7 Å². The molecule has 2 nitrogen and oxygen atoms in total. The minimum atomic E-state index is 0.936. The van der Waals surface area contributed by atoms with Gasteiger partial charge in [-0.15, -0.1) is 11.3 Å². The minimum absolute atomic E-state index is 0.936. The molecule has 7 aromatic carbocycles. The Morgan fingerprint density at radius 1 is 0.432 bits per heavy atom. The van der Waals surface area contributed by atoms with Crippen molar-refractivity contribution in [2.45, 2.75) is 0 Å². The molecule has 0 N–H and O–H groups in total. The van der Waals surface area contributed by atoms with Gasteiger partial charge in [0.05, 0.1) is 16.7 Å². The number of rotatable bonds is 3. The van der Waals surface area contributed by atoms with Gasteiger partial charge in [0.25, 0.3) is 0 Å². The fourth-order valence-electron chi connectivity index (χ4n) is 7.21. The summed E-state index contributed by atoms with van der Waals surface area (Å²) in [6.45, 7) is 0. The fourth-order valence-corrected chi connectivity index (χ4v) is 8.38. The van der Waals surface area contributed by atoms with Crippen molar-refractivity contribution in [3.8, 4) is 28.2 Å². The van der Waals surface area contributed by atoms with E-state index in [-0.39, 0.29) is 0 Å². The third-order valence-electron chi connectivity index (χ3n) is 9.12. The van der Waals surface area contributed by atoms with E-state index < -0.39 is 0 Å². The highest BCUT2D eigenvalue weighted by molar-refractivity contribution is 7.24. The average molecular weight is 577 g/mol. The highest BCUT2D eigenvalue weighted by Gasteiger charge is 2.22. The van der Waals surface area contributed by atoms with Gasteiger partial charge in [0.2, 0.25) is 0 Å². The number of pyridine rings is 1. The SMILES string of the molecule is c1ccc(-c2cccc(-c3nc(-n4c5ccc6cccc7sc8cccc9ccc4c(c98)c5c67)cc4ccccc34)c2)cc1. The molecule has 0 amide bonds. The zero-order valence-electron chi connectivity index (χ0n) is 23.7. The second-order valence-corrected chi connectivity index (χ2v) is 12.6. The number of hydrogen-bond acceptors (Lipinski definition) is 2. The number of benzene rings is 7. The molecule has 0 saturated heterocycles. The smallest absolute Gasteiger partial charge is 0.138 e. The van der Waals surface area contributed by atoms with Crippen molar-refractivity contribution in [2.75, 3.05) is 0 Å². The van der Waals surface area contributed by atoms with Gasteiger partial charge in [0.15, 0.2) is 0 Å². The third kappa shape index (κ3) is 3.33. The normalized spacial score (nSPS) is 12.1. The van der Waals surface area contributed by atoms with E-state index >= 15 is 0 Å². The Labute approximate surface area is 257 Å². The van der Waals surface area contributed by atoms with Crippen LogP contribution >= 0.6 is 11.3 Å². The maximum absolute atomic E-state index is 5.50. The van der Waals surface area contributed by atoms with E-state index in [0.717, 1.165) is 22.5 Å². The maximum atomic E-state index is 5.50. The molecule has 0 aliphatic heterocycles. The summed E-state index contributed by atoms with van der Waals surface area (Å²) in [7, 11) is 0. The predicted octanol–water partition coefficient (Wildman–Crippen LogP) is 11.6. The molecular formula is C41H24N2S. The third-order valence-corrected chi connectivity index (χ3v) is 10.2. The van der Waals surface area contributed by atoms with Crippen molar-refractivity contribution in [2.24, 2.45) is 0 Å². The van der Waals surface area contributed by atoms with Crippen LogP contribution < -0.4 is 0 Å². The molecule has 3 aromatic heterocycles. The van der Waals surface area contributed by atoms with Crippen LogP contribution in [0.1, 0.15) is 0 Å². The van der Waals surface area contributed by atoms with Crippen LogP contribution in [-0.2, 0) is 0 Å². The summed E-state index contributed by atoms with van der Waals surface area (Å²) in [5.74, 6) is 0.936. The summed E-state index contributed by atoms with van der Waals surface area (Å²) in [5, 5.41) is 10.2. The lowest BCUT2D eigenvalue weighted by Crippen LogP contribution is -2.00. The second-order valence-electron chi connectivity index (χ2n) is 11.6. The van der Waals surface area contributed by atoms with Gasteiger partial charge < -0.3 is 0 Å². The van der Waals surface area contributed by atoms with E-state index in [9.17, 15) is 0 Å². The Hall–Kier alpha value is -5.51. The van der Waals surface area contributed by atoms with Crippen molar-refractivity contribution in [3.05, 3.63) is 146 Å². The fraction of sp³-hybridized carbons (Fsp3) is 0. The van der Waals surface area contributed by atoms with Crippen molar-refractivity contribution in [3.63, 3.8) is 0 Å². The Morgan fingerprint density at radius 2 is 1.02 bits per heavy atom. The van der Waals surface area contributed by atoms with Crippen LogP contribution in [0.15, 0.2) is 146 Å². The van der Waals surface area contributed by atoms with Gasteiger partial charge in [-0.25, -0.2) is 4.98 Å². The summed E-state index contributed by atoms with van der Waals surface area (Å²) in [6.07, 6.45) is 0. The number of nitrogens with zero attached hydrogens (tertiary/aromatic N) is 2. The summed E-state index contributed by atoms with van der Waals surface area (Å²) >= 11 is 1.89. The lowest BCUT2D eigenvalue weighted by molar-refractivity contribution is 1.09. The zero-order chi connectivity index (χ0) is 28.8. The minimum Gasteiger partial charge on any atom is -0.294 e. The van der Waals surface area contributed by atoms with E-state index in [2.05, 4.69) is 150 Å². The van der Waals surface area contributed by atoms with Crippen LogP contribution in [0, 0.1) is 0 Å². The van der Waals surface area contributed by atoms with Gasteiger partial charge >= 0.3 is 0 Å². The van der Waals surface area contributed by atoms with Gasteiger partial charge in [0, 0.05) is 41.9 Å². The van der Waals surface area contributed by atoms with Crippen molar-refractivity contribution >= 4 is 74.9 Å². The Balaban J connectivity index is 1.34. The average Bonchev–Trinajstić information content (AvgIpc) is 3.34. The molecule has 0 bridgehead atoms. The van der Waals surface area contributed by atoms with E-state index in [4.69, 9.17) is 4.98 Å². The first-order valence-corrected chi connectivity index (χ1v) is 15.8. The van der Waals surface area contributed by atoms with E-state index in [1.165, 1.54) is 69.3 Å². The summed E-state index contributed by atoms with van der Waals surface area (Å²) in [6, 6.07) is 52.8. The van der Waals surface area contributed by atoms with Gasteiger partial charge in [0.1, 0.15) is 5.82 Å². The first-order valence-electron chi connectivity index (χ1n) is 15.0. The number of hydrogen-bond donors (Lipinski definition) is 0. The zero-order valence-corrected chi connectivity index (χ0v) is 24.5. The molecule has 0 atom stereocenters. The molecular weight excluding hydrogens is 553 g/mol. The van der Waals surface area contributed by atoms with Crippen molar-refractivity contribution < 1.29 is 0 Å². The van der Waals surface area contributed by atoms with Crippen LogP contribution in [-0.4, -0.2) is 9.55 Å². The largest absolute Gasteiger partial charge is 0.294 e. The van der Waals surface area contributed by atoms with Crippen molar-refractivity contribution in [1.29, 1.82) is 0 Å². The quantitative estimate of drug-likeness (QED) is 0.205. The molecule has 0 spiro atoms. The molecule has 0 fully saturated rings. The lowest BCUT2D eigenvalue weighted by atomic mass is 9.99. The van der Waals surface area contributed by atoms with Crippen molar-refractivity contribution in [1.82, 2.24) is 9.55 Å². The molecule has 0 saturated carbocycles. The lowest BCUT2D eigenvalue weighted by Gasteiger charge is -2.14. The van der Waals surface area contributed by atoms with E-state index in [1.54, 1.807) is 0 Å². The molecule has 3 heteroatoms. The standard InChI is InChI=1S/C41H24N2S/c1-2-9-25(10-3-1)28-14-6-15-30(23-28)41-31-16-5-4-11-29(31)24-36(42-41)43-32-21-19-26-12-7-17-34-37(26)39(32)40-33(43)22-20-27-13-8-18-35(44-34)38(27)40/h1-24H. The Kier molecular flexibility index (Phi) is 4.90. The Morgan fingerprint density at radius 3 is 1.75 bits per heavy atom. The van der Waals surface area contributed by atoms with Crippen LogP contribution in [0.25, 0.3) is 91.7 Å². The molecule has 44 heavy (non-hydrogen) atoms. The van der Waals surface area contributed by atoms with Crippen LogP contribution in [0.5, 0.6) is 0 Å². The molecule has 0 radical (unpaired) electrons. The first kappa shape index (κ1) is 24.0. The van der Waals surface area contributed by atoms with Crippen LogP contribution in [0.4, 0.5) is 0 Å². The summed E-state index contributed by atoms with van der Waals surface area (Å²) in [4.78, 5) is 5.50. The van der Waals surface area contributed by atoms with E-state index in [1.807, 2.05) is 11.3 Å². The monoisotopic (exact) mass is 576 g/mol. The van der Waals surface area contributed by atoms with Gasteiger partial charge in [-0.2, -0.15) is 0 Å². The summed E-state index contributed by atoms with van der Waals surface area (Å²) in [5.41, 5.74) is 6.89. The maximum Gasteiger partial charge on any atom is 0.138 e. The van der Waals surface area contributed by atoms with Gasteiger partial charge in [-0.1, -0.05) is 109 Å². The highest BCUT2D eigenvalue weighted by Crippen LogP contribution is 2.46. The second kappa shape index (κ2) is 9.00. The highest BCUT2D eigenvalue weighted by atomic mass is 32.1. The van der Waals surface area contributed by atoms with Crippen LogP contribution in [0.3, 0.4) is 0 Å². The topological polar surface area (TPSA) is 17.8 Å². The summed E-state index contributed by atoms with van der Waals surface area (Å²) < 4.78 is 5.01. The molecule has 0 unspecified atom stereocenters. The molecule has 204 valence electrons. The van der Waals surface area contributed by atoms with E-state index in [0.29, 0.717) is 0 Å². The van der Waals surface area contributed by atoms with Crippen LogP contribution in [0.2, 0.25) is 0 Å². The molecule has 3 heterocycles.